The van der Waals surface area contributed by atoms with Crippen molar-refractivity contribution in [3.05, 3.63) is 0 Å². The zero-order chi connectivity index (χ0) is 14.3. The molecule has 0 nitrogen and oxygen atoms in total. The predicted molar refractivity (Wildman–Crippen MR) is 90.9 cm³/mol. The second kappa shape index (κ2) is 8.70. The van der Waals surface area contributed by atoms with E-state index < -0.39 is 0 Å². The zero-order valence-corrected chi connectivity index (χ0v) is 15.3. The number of alkyl halides is 1. The summed E-state index contributed by atoms with van der Waals surface area (Å²) in [5.41, 5.74) is 0.603. The van der Waals surface area contributed by atoms with E-state index >= 15 is 0 Å². The molecule has 19 heavy (non-hydrogen) atoms. The van der Waals surface area contributed by atoms with Crippen LogP contribution in [0, 0.1) is 23.2 Å². The summed E-state index contributed by atoms with van der Waals surface area (Å²) >= 11 is 3.71. The summed E-state index contributed by atoms with van der Waals surface area (Å²) in [6, 6.07) is 0. The molecule has 1 aliphatic rings. The van der Waals surface area contributed by atoms with Crippen molar-refractivity contribution in [1.82, 2.24) is 0 Å². The van der Waals surface area contributed by atoms with Crippen LogP contribution in [-0.4, -0.2) is 5.33 Å². The lowest BCUT2D eigenvalue weighted by molar-refractivity contribution is 0.115. The Labute approximate surface area is 130 Å². The summed E-state index contributed by atoms with van der Waals surface area (Å²) in [7, 11) is 0. The quantitative estimate of drug-likeness (QED) is 0.498. The van der Waals surface area contributed by atoms with Gasteiger partial charge in [0, 0.05) is 5.33 Å². The highest BCUT2D eigenvalue weighted by molar-refractivity contribution is 9.09. The van der Waals surface area contributed by atoms with E-state index in [0.717, 1.165) is 17.8 Å². The average molecular weight is 331 g/mol. The van der Waals surface area contributed by atoms with E-state index in [9.17, 15) is 0 Å². The van der Waals surface area contributed by atoms with E-state index in [-0.39, 0.29) is 0 Å². The summed E-state index contributed by atoms with van der Waals surface area (Å²) in [6.07, 6.45) is 12.9. The normalized spacial score (nSPS) is 38.7. The Kier molecular flexibility index (Phi) is 8.03. The van der Waals surface area contributed by atoms with Crippen LogP contribution in [0.25, 0.3) is 0 Å². The maximum atomic E-state index is 3.71. The van der Waals surface area contributed by atoms with Crippen LogP contribution in [0.5, 0.6) is 0 Å². The summed E-state index contributed by atoms with van der Waals surface area (Å²) in [4.78, 5) is 0. The van der Waals surface area contributed by atoms with Gasteiger partial charge in [0.25, 0.3) is 0 Å². The molecule has 0 spiro atoms. The molecule has 0 heterocycles. The lowest BCUT2D eigenvalue weighted by atomic mass is 9.66. The van der Waals surface area contributed by atoms with Crippen molar-refractivity contribution in [1.29, 1.82) is 0 Å². The molecule has 1 aliphatic carbocycles. The van der Waals surface area contributed by atoms with E-state index in [0.29, 0.717) is 5.41 Å². The van der Waals surface area contributed by atoms with Gasteiger partial charge in [0.05, 0.1) is 0 Å². The molecule has 1 rings (SSSR count). The predicted octanol–water partition coefficient (Wildman–Crippen LogP) is 6.82. The molecule has 0 saturated heterocycles. The van der Waals surface area contributed by atoms with Crippen LogP contribution in [0.15, 0.2) is 0 Å². The molecule has 0 radical (unpaired) electrons. The zero-order valence-electron chi connectivity index (χ0n) is 13.7. The highest BCUT2D eigenvalue weighted by Crippen LogP contribution is 2.45. The van der Waals surface area contributed by atoms with Crippen LogP contribution in [0.4, 0.5) is 0 Å². The van der Waals surface area contributed by atoms with Crippen molar-refractivity contribution in [2.24, 2.45) is 23.2 Å². The van der Waals surface area contributed by atoms with Crippen molar-refractivity contribution in [3.63, 3.8) is 0 Å². The summed E-state index contributed by atoms with van der Waals surface area (Å²) in [5.74, 6) is 2.73. The van der Waals surface area contributed by atoms with Crippen molar-refractivity contribution < 1.29 is 0 Å². The number of hydrogen-bond donors (Lipinski definition) is 0. The first-order valence-corrected chi connectivity index (χ1v) is 9.72. The largest absolute Gasteiger partial charge is 0.0928 e. The minimum Gasteiger partial charge on any atom is -0.0928 e. The topological polar surface area (TPSA) is 0 Å². The average Bonchev–Trinajstić information content (AvgIpc) is 2.37. The second-order valence-electron chi connectivity index (χ2n) is 7.34. The van der Waals surface area contributed by atoms with Crippen molar-refractivity contribution in [3.8, 4) is 0 Å². The fraction of sp³-hybridized carbons (Fsp3) is 1.00. The molecule has 0 aliphatic heterocycles. The lowest BCUT2D eigenvalue weighted by Crippen LogP contribution is -2.30. The van der Waals surface area contributed by atoms with E-state index in [4.69, 9.17) is 0 Å². The molecule has 0 aromatic rings. The monoisotopic (exact) mass is 330 g/mol. The highest BCUT2D eigenvalue weighted by atomic mass is 79.9. The Morgan fingerprint density at radius 3 is 2.37 bits per heavy atom. The van der Waals surface area contributed by atoms with Gasteiger partial charge in [-0.05, 0) is 48.9 Å². The molecule has 0 bridgehead atoms. The van der Waals surface area contributed by atoms with Crippen molar-refractivity contribution in [2.75, 3.05) is 5.33 Å². The molecule has 0 aromatic carbocycles. The van der Waals surface area contributed by atoms with E-state index in [1.54, 1.807) is 0 Å². The molecule has 1 fully saturated rings. The standard InChI is InChI=1S/C18H35Br/c1-5-18(11-12-19)10-8-6-7-9-15(2)13-16(3)14-17(18)4/h15-17H,5-14H2,1-4H3/t15-,16?,17+,18?/m0/s1. The summed E-state index contributed by atoms with van der Waals surface area (Å²) in [6.45, 7) is 9.90. The molecule has 0 N–H and O–H groups in total. The first kappa shape index (κ1) is 17.5. The third-order valence-corrected chi connectivity index (χ3v) is 6.17. The van der Waals surface area contributed by atoms with Gasteiger partial charge < -0.3 is 0 Å². The van der Waals surface area contributed by atoms with Crippen molar-refractivity contribution in [2.45, 2.75) is 85.5 Å². The van der Waals surface area contributed by atoms with Crippen LogP contribution in [0.1, 0.15) is 85.5 Å². The molecule has 4 atom stereocenters. The van der Waals surface area contributed by atoms with Crippen LogP contribution >= 0.6 is 15.9 Å². The van der Waals surface area contributed by atoms with Gasteiger partial charge in [-0.15, -0.1) is 0 Å². The number of rotatable bonds is 3. The third kappa shape index (κ3) is 5.40. The lowest BCUT2D eigenvalue weighted by Gasteiger charge is -2.40. The minimum atomic E-state index is 0.603. The molecular weight excluding hydrogens is 296 g/mol. The molecular formula is C18H35Br. The molecule has 0 aromatic heterocycles. The fourth-order valence-electron chi connectivity index (χ4n) is 4.41. The Balaban J connectivity index is 2.78. The van der Waals surface area contributed by atoms with Crippen molar-refractivity contribution >= 4 is 15.9 Å². The molecule has 0 amide bonds. The first-order chi connectivity index (χ1) is 9.04. The van der Waals surface area contributed by atoms with Gasteiger partial charge in [0.2, 0.25) is 0 Å². The van der Waals surface area contributed by atoms with Gasteiger partial charge in [-0.25, -0.2) is 0 Å². The van der Waals surface area contributed by atoms with Gasteiger partial charge >= 0.3 is 0 Å². The van der Waals surface area contributed by atoms with E-state index in [1.165, 1.54) is 63.1 Å². The minimum absolute atomic E-state index is 0.603. The summed E-state index contributed by atoms with van der Waals surface area (Å²) < 4.78 is 0. The second-order valence-corrected chi connectivity index (χ2v) is 8.13. The molecule has 1 heteroatoms. The van der Waals surface area contributed by atoms with Gasteiger partial charge in [-0.3, -0.25) is 0 Å². The highest BCUT2D eigenvalue weighted by Gasteiger charge is 2.34. The molecule has 114 valence electrons. The van der Waals surface area contributed by atoms with Crippen LogP contribution in [0.2, 0.25) is 0 Å². The Morgan fingerprint density at radius 1 is 1.00 bits per heavy atom. The van der Waals surface area contributed by atoms with Crippen LogP contribution in [-0.2, 0) is 0 Å². The van der Waals surface area contributed by atoms with Gasteiger partial charge in [0.15, 0.2) is 0 Å². The van der Waals surface area contributed by atoms with Gasteiger partial charge in [-0.1, -0.05) is 75.7 Å². The molecule has 2 unspecified atom stereocenters. The Bertz CT molecular complexity index is 238. The van der Waals surface area contributed by atoms with Crippen LogP contribution < -0.4 is 0 Å². The smallest absolute Gasteiger partial charge is 0.00366 e. The maximum absolute atomic E-state index is 3.71. The SMILES string of the molecule is CCC1(CCBr)CCCCC[C@H](C)CC(C)C[C@H]1C. The van der Waals surface area contributed by atoms with E-state index in [2.05, 4.69) is 43.6 Å². The molecule has 1 saturated carbocycles. The number of hydrogen-bond acceptors (Lipinski definition) is 0. The first-order valence-electron chi connectivity index (χ1n) is 8.60. The van der Waals surface area contributed by atoms with Gasteiger partial charge in [0.1, 0.15) is 0 Å². The third-order valence-electron chi connectivity index (χ3n) is 5.77. The number of halogens is 1. The van der Waals surface area contributed by atoms with Gasteiger partial charge in [-0.2, -0.15) is 0 Å². The summed E-state index contributed by atoms with van der Waals surface area (Å²) in [5, 5.41) is 1.18. The fourth-order valence-corrected chi connectivity index (χ4v) is 5.20. The van der Waals surface area contributed by atoms with Crippen LogP contribution in [0.3, 0.4) is 0 Å². The van der Waals surface area contributed by atoms with E-state index in [1.807, 2.05) is 0 Å². The Hall–Kier alpha value is 0.480. The maximum Gasteiger partial charge on any atom is 0.00366 e. The Morgan fingerprint density at radius 2 is 1.74 bits per heavy atom.